The van der Waals surface area contributed by atoms with Gasteiger partial charge >= 0.3 is 5.69 Å². The molecule has 0 aromatic carbocycles. The van der Waals surface area contributed by atoms with Gasteiger partial charge in [0.15, 0.2) is 0 Å². The molecule has 0 fully saturated rings. The Morgan fingerprint density at radius 1 is 1.48 bits per heavy atom. The van der Waals surface area contributed by atoms with Crippen molar-refractivity contribution in [3.05, 3.63) is 51.7 Å². The van der Waals surface area contributed by atoms with Gasteiger partial charge in [0.2, 0.25) is 11.5 Å². The molecule has 0 aliphatic heterocycles. The number of rotatable bonds is 5. The van der Waals surface area contributed by atoms with Gasteiger partial charge in [-0.25, -0.2) is 0 Å². The van der Waals surface area contributed by atoms with E-state index in [0.717, 1.165) is 0 Å². The Labute approximate surface area is 120 Å². The van der Waals surface area contributed by atoms with Crippen molar-refractivity contribution in [1.29, 1.82) is 0 Å². The Balaban J connectivity index is 2.18. The second-order valence-corrected chi connectivity index (χ2v) is 4.66. The Hall–Kier alpha value is -2.77. The molecule has 0 aliphatic carbocycles. The molecule has 0 unspecified atom stereocenters. The fourth-order valence-corrected chi connectivity index (χ4v) is 1.76. The summed E-state index contributed by atoms with van der Waals surface area (Å²) in [5.74, 6) is -0.818. The van der Waals surface area contributed by atoms with Gasteiger partial charge in [0.1, 0.15) is 0 Å². The minimum atomic E-state index is -0.664. The van der Waals surface area contributed by atoms with Crippen LogP contribution in [0.15, 0.2) is 28.9 Å². The van der Waals surface area contributed by atoms with Crippen LogP contribution in [0.1, 0.15) is 41.7 Å². The summed E-state index contributed by atoms with van der Waals surface area (Å²) in [4.78, 5) is 26.5. The Morgan fingerprint density at radius 2 is 2.24 bits per heavy atom. The normalized spacial score (nSPS) is 10.6. The van der Waals surface area contributed by atoms with E-state index < -0.39 is 10.8 Å². The molecule has 0 saturated heterocycles. The molecular formula is C13H14N4O4. The average Bonchev–Trinajstić information content (AvgIpc) is 2.91. The van der Waals surface area contributed by atoms with Crippen LogP contribution in [0.2, 0.25) is 0 Å². The molecule has 8 heteroatoms. The SMILES string of the molecule is CC(C)c1onc(C(=O)NCc2ccccn2)c1[N+](=O)[O-]. The van der Waals surface area contributed by atoms with Gasteiger partial charge in [0.05, 0.1) is 17.2 Å². The summed E-state index contributed by atoms with van der Waals surface area (Å²) < 4.78 is 4.92. The summed E-state index contributed by atoms with van der Waals surface area (Å²) in [5.41, 5.74) is -0.0655. The third kappa shape index (κ3) is 3.22. The van der Waals surface area contributed by atoms with E-state index in [-0.39, 0.29) is 29.6 Å². The number of nitrogens with one attached hydrogen (secondary N) is 1. The molecule has 0 saturated carbocycles. The third-order valence-corrected chi connectivity index (χ3v) is 2.77. The smallest absolute Gasteiger partial charge is 0.344 e. The van der Waals surface area contributed by atoms with E-state index in [9.17, 15) is 14.9 Å². The van der Waals surface area contributed by atoms with E-state index in [2.05, 4.69) is 15.5 Å². The number of hydrogen-bond donors (Lipinski definition) is 1. The number of nitro groups is 1. The van der Waals surface area contributed by atoms with E-state index >= 15 is 0 Å². The summed E-state index contributed by atoms with van der Waals surface area (Å²) in [7, 11) is 0. The van der Waals surface area contributed by atoms with E-state index in [4.69, 9.17) is 4.52 Å². The van der Waals surface area contributed by atoms with Gasteiger partial charge in [-0.15, -0.1) is 0 Å². The Bertz CT molecular complexity index is 651. The number of amides is 1. The van der Waals surface area contributed by atoms with Gasteiger partial charge < -0.3 is 9.84 Å². The van der Waals surface area contributed by atoms with Crippen LogP contribution in [-0.2, 0) is 6.54 Å². The molecule has 1 N–H and O–H groups in total. The van der Waals surface area contributed by atoms with Gasteiger partial charge in [-0.2, -0.15) is 0 Å². The molecule has 0 bridgehead atoms. The maximum atomic E-state index is 12.0. The van der Waals surface area contributed by atoms with Gasteiger partial charge in [-0.05, 0) is 12.1 Å². The van der Waals surface area contributed by atoms with E-state index in [1.807, 2.05) is 0 Å². The number of nitrogens with zero attached hydrogens (tertiary/aromatic N) is 3. The lowest BCUT2D eigenvalue weighted by Gasteiger charge is -2.02. The van der Waals surface area contributed by atoms with Gasteiger partial charge in [-0.1, -0.05) is 25.1 Å². The first-order valence-corrected chi connectivity index (χ1v) is 6.32. The topological polar surface area (TPSA) is 111 Å². The maximum absolute atomic E-state index is 12.0. The van der Waals surface area contributed by atoms with Crippen molar-refractivity contribution < 1.29 is 14.2 Å². The molecule has 8 nitrogen and oxygen atoms in total. The van der Waals surface area contributed by atoms with E-state index in [1.54, 1.807) is 38.2 Å². The summed E-state index contributed by atoms with van der Waals surface area (Å²) in [6.45, 7) is 3.60. The van der Waals surface area contributed by atoms with Crippen LogP contribution in [0.3, 0.4) is 0 Å². The molecule has 2 rings (SSSR count). The van der Waals surface area contributed by atoms with Crippen molar-refractivity contribution in [3.8, 4) is 0 Å². The number of hydrogen-bond acceptors (Lipinski definition) is 6. The fraction of sp³-hybridized carbons (Fsp3) is 0.308. The summed E-state index contributed by atoms with van der Waals surface area (Å²) in [6.07, 6.45) is 1.59. The highest BCUT2D eigenvalue weighted by molar-refractivity contribution is 5.96. The number of carbonyl (C=O) groups is 1. The van der Waals surface area contributed by atoms with E-state index in [0.29, 0.717) is 5.69 Å². The molecule has 2 heterocycles. The molecule has 0 radical (unpaired) electrons. The second-order valence-electron chi connectivity index (χ2n) is 4.66. The molecule has 21 heavy (non-hydrogen) atoms. The molecule has 2 aromatic rings. The molecule has 2 aromatic heterocycles. The minimum Gasteiger partial charge on any atom is -0.353 e. The van der Waals surface area contributed by atoms with Crippen molar-refractivity contribution >= 4 is 11.6 Å². The zero-order valence-corrected chi connectivity index (χ0v) is 11.6. The number of aromatic nitrogens is 2. The highest BCUT2D eigenvalue weighted by atomic mass is 16.6. The Morgan fingerprint density at radius 3 is 2.81 bits per heavy atom. The summed E-state index contributed by atoms with van der Waals surface area (Å²) in [5, 5.41) is 17.2. The molecule has 0 atom stereocenters. The summed E-state index contributed by atoms with van der Waals surface area (Å²) >= 11 is 0. The lowest BCUT2D eigenvalue weighted by atomic mass is 10.1. The van der Waals surface area contributed by atoms with Crippen LogP contribution < -0.4 is 5.32 Å². The van der Waals surface area contributed by atoms with Crippen LogP contribution in [-0.4, -0.2) is 21.0 Å². The lowest BCUT2D eigenvalue weighted by molar-refractivity contribution is -0.386. The Kier molecular flexibility index (Phi) is 4.27. The first kappa shape index (κ1) is 14.6. The largest absolute Gasteiger partial charge is 0.353 e. The molecular weight excluding hydrogens is 276 g/mol. The first-order chi connectivity index (χ1) is 10.0. The van der Waals surface area contributed by atoms with Gasteiger partial charge in [-0.3, -0.25) is 19.9 Å². The highest BCUT2D eigenvalue weighted by Gasteiger charge is 2.32. The van der Waals surface area contributed by atoms with Crippen LogP contribution >= 0.6 is 0 Å². The van der Waals surface area contributed by atoms with Crippen molar-refractivity contribution in [2.45, 2.75) is 26.3 Å². The van der Waals surface area contributed by atoms with Crippen molar-refractivity contribution in [3.63, 3.8) is 0 Å². The quantitative estimate of drug-likeness (QED) is 0.666. The summed E-state index contributed by atoms with van der Waals surface area (Å²) in [6, 6.07) is 5.27. The number of pyridine rings is 1. The predicted molar refractivity (Wildman–Crippen MR) is 72.7 cm³/mol. The molecule has 0 aliphatic rings. The monoisotopic (exact) mass is 290 g/mol. The molecule has 1 amide bonds. The molecule has 110 valence electrons. The van der Waals surface area contributed by atoms with E-state index in [1.165, 1.54) is 0 Å². The first-order valence-electron chi connectivity index (χ1n) is 6.32. The zero-order chi connectivity index (χ0) is 15.4. The van der Waals surface area contributed by atoms with Crippen LogP contribution in [0.4, 0.5) is 5.69 Å². The van der Waals surface area contributed by atoms with Crippen molar-refractivity contribution in [2.24, 2.45) is 0 Å². The third-order valence-electron chi connectivity index (χ3n) is 2.77. The fourth-order valence-electron chi connectivity index (χ4n) is 1.76. The lowest BCUT2D eigenvalue weighted by Crippen LogP contribution is -2.24. The predicted octanol–water partition coefficient (Wildman–Crippen LogP) is 2.03. The number of carbonyl (C=O) groups excluding carboxylic acids is 1. The minimum absolute atomic E-state index is 0.0861. The van der Waals surface area contributed by atoms with Gasteiger partial charge in [0, 0.05) is 12.1 Å². The van der Waals surface area contributed by atoms with Crippen LogP contribution in [0, 0.1) is 10.1 Å². The standard InChI is InChI=1S/C13H14N4O4/c1-8(2)12-11(17(19)20)10(16-21-12)13(18)15-7-9-5-3-4-6-14-9/h3-6,8H,7H2,1-2H3,(H,15,18). The highest BCUT2D eigenvalue weighted by Crippen LogP contribution is 2.29. The maximum Gasteiger partial charge on any atom is 0.344 e. The van der Waals surface area contributed by atoms with Crippen LogP contribution in [0.5, 0.6) is 0 Å². The van der Waals surface area contributed by atoms with Crippen molar-refractivity contribution in [2.75, 3.05) is 0 Å². The van der Waals surface area contributed by atoms with Crippen LogP contribution in [0.25, 0.3) is 0 Å². The average molecular weight is 290 g/mol. The zero-order valence-electron chi connectivity index (χ0n) is 11.6. The second kappa shape index (κ2) is 6.12. The van der Waals surface area contributed by atoms with Gasteiger partial charge in [0.25, 0.3) is 5.91 Å². The van der Waals surface area contributed by atoms with Crippen molar-refractivity contribution in [1.82, 2.24) is 15.5 Å². The molecule has 0 spiro atoms.